The summed E-state index contributed by atoms with van der Waals surface area (Å²) in [5.74, 6) is 1.29. The summed E-state index contributed by atoms with van der Waals surface area (Å²) < 4.78 is 0.794. The number of hydrogen-bond acceptors (Lipinski definition) is 3. The Labute approximate surface area is 109 Å². The van der Waals surface area contributed by atoms with Crippen LogP contribution in [0.15, 0.2) is 47.3 Å². The third-order valence-corrected chi connectivity index (χ3v) is 3.03. The van der Waals surface area contributed by atoms with Gasteiger partial charge in [-0.25, -0.2) is 9.97 Å². The SMILES string of the molecule is CC(CNc1cc(Br)ncn1)c1ccccc1. The molecule has 0 aliphatic carbocycles. The first kappa shape index (κ1) is 12.0. The molecule has 0 fully saturated rings. The summed E-state index contributed by atoms with van der Waals surface area (Å²) in [5.41, 5.74) is 1.33. The standard InChI is InChI=1S/C13H14BrN3/c1-10(11-5-3-2-4-6-11)8-15-13-7-12(14)16-9-17-13/h2-7,9-10H,8H2,1H3,(H,15,16,17). The fourth-order valence-corrected chi connectivity index (χ4v) is 1.90. The molecule has 0 saturated heterocycles. The van der Waals surface area contributed by atoms with Gasteiger partial charge in [-0.3, -0.25) is 0 Å². The second-order valence-electron chi connectivity index (χ2n) is 3.92. The molecule has 0 aliphatic heterocycles. The van der Waals surface area contributed by atoms with Crippen molar-refractivity contribution in [2.24, 2.45) is 0 Å². The Bertz CT molecular complexity index is 473. The van der Waals surface area contributed by atoms with Gasteiger partial charge in [0.2, 0.25) is 0 Å². The molecular formula is C13H14BrN3. The molecule has 0 radical (unpaired) electrons. The molecule has 0 spiro atoms. The Morgan fingerprint density at radius 3 is 2.71 bits per heavy atom. The molecule has 1 unspecified atom stereocenters. The second-order valence-corrected chi connectivity index (χ2v) is 4.73. The maximum absolute atomic E-state index is 4.15. The highest BCUT2D eigenvalue weighted by molar-refractivity contribution is 9.10. The number of nitrogens with zero attached hydrogens (tertiary/aromatic N) is 2. The van der Waals surface area contributed by atoms with Gasteiger partial charge < -0.3 is 5.32 Å². The lowest BCUT2D eigenvalue weighted by molar-refractivity contribution is 0.800. The largest absolute Gasteiger partial charge is 0.369 e. The minimum Gasteiger partial charge on any atom is -0.369 e. The summed E-state index contributed by atoms with van der Waals surface area (Å²) in [6.07, 6.45) is 1.54. The van der Waals surface area contributed by atoms with Gasteiger partial charge in [0.15, 0.2) is 0 Å². The van der Waals surface area contributed by atoms with Gasteiger partial charge in [-0.1, -0.05) is 37.3 Å². The molecule has 1 heterocycles. The average molecular weight is 292 g/mol. The Morgan fingerprint density at radius 2 is 2.00 bits per heavy atom. The van der Waals surface area contributed by atoms with Gasteiger partial charge in [-0.2, -0.15) is 0 Å². The van der Waals surface area contributed by atoms with E-state index in [0.717, 1.165) is 17.0 Å². The molecule has 1 N–H and O–H groups in total. The van der Waals surface area contributed by atoms with Crippen molar-refractivity contribution in [1.82, 2.24) is 9.97 Å². The van der Waals surface area contributed by atoms with Crippen LogP contribution < -0.4 is 5.32 Å². The van der Waals surface area contributed by atoms with E-state index in [9.17, 15) is 0 Å². The van der Waals surface area contributed by atoms with Crippen molar-refractivity contribution in [1.29, 1.82) is 0 Å². The van der Waals surface area contributed by atoms with E-state index in [0.29, 0.717) is 5.92 Å². The van der Waals surface area contributed by atoms with Crippen molar-refractivity contribution in [3.63, 3.8) is 0 Å². The quantitative estimate of drug-likeness (QED) is 0.877. The average Bonchev–Trinajstić information content (AvgIpc) is 2.37. The fourth-order valence-electron chi connectivity index (χ4n) is 1.59. The van der Waals surface area contributed by atoms with E-state index in [-0.39, 0.29) is 0 Å². The van der Waals surface area contributed by atoms with Crippen molar-refractivity contribution in [2.45, 2.75) is 12.8 Å². The molecule has 1 aromatic carbocycles. The maximum atomic E-state index is 4.15. The summed E-state index contributed by atoms with van der Waals surface area (Å²) in [5, 5.41) is 3.30. The van der Waals surface area contributed by atoms with E-state index >= 15 is 0 Å². The van der Waals surface area contributed by atoms with E-state index in [1.54, 1.807) is 6.33 Å². The van der Waals surface area contributed by atoms with Gasteiger partial charge in [0.1, 0.15) is 16.7 Å². The number of anilines is 1. The van der Waals surface area contributed by atoms with E-state index < -0.39 is 0 Å². The van der Waals surface area contributed by atoms with Crippen LogP contribution in [0.25, 0.3) is 0 Å². The van der Waals surface area contributed by atoms with E-state index in [4.69, 9.17) is 0 Å². The minimum atomic E-state index is 0.449. The number of aromatic nitrogens is 2. The summed E-state index contributed by atoms with van der Waals surface area (Å²) >= 11 is 3.32. The van der Waals surface area contributed by atoms with Crippen molar-refractivity contribution in [2.75, 3.05) is 11.9 Å². The van der Waals surface area contributed by atoms with Crippen LogP contribution in [-0.4, -0.2) is 16.5 Å². The van der Waals surface area contributed by atoms with E-state index in [1.807, 2.05) is 12.1 Å². The molecular weight excluding hydrogens is 278 g/mol. The highest BCUT2D eigenvalue weighted by Gasteiger charge is 2.04. The van der Waals surface area contributed by atoms with E-state index in [2.05, 4.69) is 62.4 Å². The molecule has 2 rings (SSSR count). The van der Waals surface area contributed by atoms with Gasteiger partial charge >= 0.3 is 0 Å². The highest BCUT2D eigenvalue weighted by Crippen LogP contribution is 2.16. The van der Waals surface area contributed by atoms with Crippen LogP contribution in [0, 0.1) is 0 Å². The Hall–Kier alpha value is -1.42. The predicted octanol–water partition coefficient (Wildman–Crippen LogP) is 3.45. The number of benzene rings is 1. The zero-order chi connectivity index (χ0) is 12.1. The van der Waals surface area contributed by atoms with Gasteiger partial charge in [-0.15, -0.1) is 0 Å². The van der Waals surface area contributed by atoms with Crippen molar-refractivity contribution in [3.05, 3.63) is 52.9 Å². The van der Waals surface area contributed by atoms with Crippen LogP contribution in [0.1, 0.15) is 18.4 Å². The van der Waals surface area contributed by atoms with Gasteiger partial charge in [0.05, 0.1) is 0 Å². The molecule has 0 amide bonds. The number of halogens is 1. The lowest BCUT2D eigenvalue weighted by atomic mass is 10.0. The van der Waals surface area contributed by atoms with Crippen LogP contribution in [0.5, 0.6) is 0 Å². The van der Waals surface area contributed by atoms with Crippen LogP contribution in [0.3, 0.4) is 0 Å². The number of hydrogen-bond donors (Lipinski definition) is 1. The third-order valence-electron chi connectivity index (χ3n) is 2.59. The second kappa shape index (κ2) is 5.77. The molecule has 1 aromatic heterocycles. The van der Waals surface area contributed by atoms with Crippen molar-refractivity contribution in [3.8, 4) is 0 Å². The molecule has 2 aromatic rings. The third kappa shape index (κ3) is 3.53. The van der Waals surface area contributed by atoms with Crippen molar-refractivity contribution < 1.29 is 0 Å². The Morgan fingerprint density at radius 1 is 1.24 bits per heavy atom. The molecule has 88 valence electrons. The zero-order valence-electron chi connectivity index (χ0n) is 9.60. The summed E-state index contributed by atoms with van der Waals surface area (Å²) in [4.78, 5) is 8.14. The molecule has 3 nitrogen and oxygen atoms in total. The van der Waals surface area contributed by atoms with Gasteiger partial charge in [0.25, 0.3) is 0 Å². The van der Waals surface area contributed by atoms with Crippen molar-refractivity contribution >= 4 is 21.7 Å². The lowest BCUT2D eigenvalue weighted by Gasteiger charge is -2.13. The highest BCUT2D eigenvalue weighted by atomic mass is 79.9. The van der Waals surface area contributed by atoms with Crippen LogP contribution >= 0.6 is 15.9 Å². The molecule has 0 aliphatic rings. The summed E-state index contributed by atoms with van der Waals surface area (Å²) in [6.45, 7) is 3.05. The topological polar surface area (TPSA) is 37.8 Å². The minimum absolute atomic E-state index is 0.449. The zero-order valence-corrected chi connectivity index (χ0v) is 11.2. The molecule has 0 saturated carbocycles. The first-order valence-corrected chi connectivity index (χ1v) is 6.31. The monoisotopic (exact) mass is 291 g/mol. The molecule has 17 heavy (non-hydrogen) atoms. The molecule has 0 bridgehead atoms. The number of rotatable bonds is 4. The predicted molar refractivity (Wildman–Crippen MR) is 73.1 cm³/mol. The van der Waals surface area contributed by atoms with E-state index in [1.165, 1.54) is 5.56 Å². The first-order valence-electron chi connectivity index (χ1n) is 5.52. The summed E-state index contributed by atoms with van der Waals surface area (Å²) in [6, 6.07) is 12.3. The summed E-state index contributed by atoms with van der Waals surface area (Å²) in [7, 11) is 0. The smallest absolute Gasteiger partial charge is 0.130 e. The molecule has 1 atom stereocenters. The Balaban J connectivity index is 1.95. The van der Waals surface area contributed by atoms with Crippen LogP contribution in [0.2, 0.25) is 0 Å². The van der Waals surface area contributed by atoms with Gasteiger partial charge in [-0.05, 0) is 27.4 Å². The van der Waals surface area contributed by atoms with Crippen LogP contribution in [-0.2, 0) is 0 Å². The molecule has 4 heteroatoms. The lowest BCUT2D eigenvalue weighted by Crippen LogP contribution is -2.10. The maximum Gasteiger partial charge on any atom is 0.130 e. The normalized spacial score (nSPS) is 12.1. The first-order chi connectivity index (χ1) is 8.25. The fraction of sp³-hybridized carbons (Fsp3) is 0.231. The van der Waals surface area contributed by atoms with Crippen LogP contribution in [0.4, 0.5) is 5.82 Å². The van der Waals surface area contributed by atoms with Gasteiger partial charge in [0, 0.05) is 12.6 Å². The Kier molecular flexibility index (Phi) is 4.09. The number of nitrogens with one attached hydrogen (secondary N) is 1.